The van der Waals surface area contributed by atoms with Gasteiger partial charge in [0, 0.05) is 38.3 Å². The van der Waals surface area contributed by atoms with Crippen molar-refractivity contribution in [2.24, 2.45) is 0 Å². The molecular formula is C15H29N3. The molecule has 0 aliphatic carbocycles. The van der Waals surface area contributed by atoms with Crippen LogP contribution in [0.15, 0.2) is 12.7 Å². The minimum Gasteiger partial charge on any atom is -0.312 e. The molecule has 2 heterocycles. The summed E-state index contributed by atoms with van der Waals surface area (Å²) in [6.45, 7) is 13.3. The van der Waals surface area contributed by atoms with E-state index < -0.39 is 0 Å². The van der Waals surface area contributed by atoms with E-state index in [0.717, 1.165) is 19.1 Å². The average Bonchev–Trinajstić information content (AvgIpc) is 2.89. The SMILES string of the molecule is C=CCNCC(C)N1CCC(N2CCCCC2)C1. The third-order valence-electron chi connectivity index (χ3n) is 4.45. The summed E-state index contributed by atoms with van der Waals surface area (Å²) < 4.78 is 0. The van der Waals surface area contributed by atoms with Crippen LogP contribution in [0.2, 0.25) is 0 Å². The van der Waals surface area contributed by atoms with Crippen LogP contribution in [0.25, 0.3) is 0 Å². The molecule has 18 heavy (non-hydrogen) atoms. The van der Waals surface area contributed by atoms with E-state index in [0.29, 0.717) is 6.04 Å². The first-order chi connectivity index (χ1) is 8.81. The molecule has 2 saturated heterocycles. The summed E-state index contributed by atoms with van der Waals surface area (Å²) in [5.41, 5.74) is 0. The van der Waals surface area contributed by atoms with Crippen molar-refractivity contribution < 1.29 is 0 Å². The van der Waals surface area contributed by atoms with Crippen molar-refractivity contribution in [2.75, 3.05) is 39.3 Å². The minimum absolute atomic E-state index is 0.653. The fourth-order valence-electron chi connectivity index (χ4n) is 3.27. The average molecular weight is 251 g/mol. The molecule has 104 valence electrons. The summed E-state index contributed by atoms with van der Waals surface area (Å²) in [5.74, 6) is 0. The van der Waals surface area contributed by atoms with Crippen molar-refractivity contribution in [3.8, 4) is 0 Å². The molecule has 1 N–H and O–H groups in total. The number of hydrogen-bond donors (Lipinski definition) is 1. The Balaban J connectivity index is 1.71. The lowest BCUT2D eigenvalue weighted by atomic mass is 10.1. The van der Waals surface area contributed by atoms with Gasteiger partial charge < -0.3 is 5.32 Å². The van der Waals surface area contributed by atoms with Crippen LogP contribution in [-0.2, 0) is 0 Å². The molecule has 0 aromatic heterocycles. The van der Waals surface area contributed by atoms with E-state index >= 15 is 0 Å². The summed E-state index contributed by atoms with van der Waals surface area (Å²) in [5, 5.41) is 3.43. The molecule has 0 radical (unpaired) electrons. The zero-order chi connectivity index (χ0) is 12.8. The van der Waals surface area contributed by atoms with Crippen LogP contribution in [0.5, 0.6) is 0 Å². The quantitative estimate of drug-likeness (QED) is 0.573. The van der Waals surface area contributed by atoms with E-state index in [2.05, 4.69) is 28.6 Å². The summed E-state index contributed by atoms with van der Waals surface area (Å²) >= 11 is 0. The molecule has 3 nitrogen and oxygen atoms in total. The zero-order valence-electron chi connectivity index (χ0n) is 11.9. The number of piperidine rings is 1. The highest BCUT2D eigenvalue weighted by molar-refractivity contribution is 4.87. The molecule has 3 heteroatoms. The molecule has 2 fully saturated rings. The van der Waals surface area contributed by atoms with Gasteiger partial charge in [-0.15, -0.1) is 6.58 Å². The summed E-state index contributed by atoms with van der Waals surface area (Å²) in [6, 6.07) is 1.48. The molecular weight excluding hydrogens is 222 g/mol. The Hall–Kier alpha value is -0.380. The van der Waals surface area contributed by atoms with Crippen molar-refractivity contribution in [3.63, 3.8) is 0 Å². The summed E-state index contributed by atoms with van der Waals surface area (Å²) in [6.07, 6.45) is 7.56. The van der Waals surface area contributed by atoms with Gasteiger partial charge in [0.25, 0.3) is 0 Å². The van der Waals surface area contributed by atoms with Gasteiger partial charge in [-0.3, -0.25) is 9.80 Å². The Labute approximate surface area is 112 Å². The van der Waals surface area contributed by atoms with Gasteiger partial charge in [0.05, 0.1) is 0 Å². The molecule has 0 spiro atoms. The van der Waals surface area contributed by atoms with Crippen LogP contribution in [0.3, 0.4) is 0 Å². The van der Waals surface area contributed by atoms with Crippen LogP contribution in [-0.4, -0.2) is 61.2 Å². The van der Waals surface area contributed by atoms with E-state index in [-0.39, 0.29) is 0 Å². The van der Waals surface area contributed by atoms with Crippen LogP contribution in [0.4, 0.5) is 0 Å². The fourth-order valence-corrected chi connectivity index (χ4v) is 3.27. The maximum Gasteiger partial charge on any atom is 0.0235 e. The first-order valence-corrected chi connectivity index (χ1v) is 7.61. The summed E-state index contributed by atoms with van der Waals surface area (Å²) in [7, 11) is 0. The summed E-state index contributed by atoms with van der Waals surface area (Å²) in [4.78, 5) is 5.38. The van der Waals surface area contributed by atoms with Gasteiger partial charge in [-0.1, -0.05) is 12.5 Å². The second-order valence-corrected chi connectivity index (χ2v) is 5.83. The molecule has 2 rings (SSSR count). The first-order valence-electron chi connectivity index (χ1n) is 7.61. The molecule has 2 aliphatic heterocycles. The Morgan fingerprint density at radius 2 is 2.06 bits per heavy atom. The highest BCUT2D eigenvalue weighted by Gasteiger charge is 2.30. The molecule has 2 aliphatic rings. The van der Waals surface area contributed by atoms with Gasteiger partial charge in [-0.25, -0.2) is 0 Å². The zero-order valence-corrected chi connectivity index (χ0v) is 11.9. The van der Waals surface area contributed by atoms with E-state index in [1.807, 2.05) is 6.08 Å². The van der Waals surface area contributed by atoms with Gasteiger partial charge >= 0.3 is 0 Å². The third-order valence-corrected chi connectivity index (χ3v) is 4.45. The van der Waals surface area contributed by atoms with Crippen molar-refractivity contribution in [2.45, 2.75) is 44.7 Å². The number of likely N-dealkylation sites (tertiary alicyclic amines) is 2. The Morgan fingerprint density at radius 1 is 1.28 bits per heavy atom. The van der Waals surface area contributed by atoms with Crippen LogP contribution in [0.1, 0.15) is 32.6 Å². The Bertz CT molecular complexity index is 248. The van der Waals surface area contributed by atoms with E-state index in [4.69, 9.17) is 0 Å². The van der Waals surface area contributed by atoms with Gasteiger partial charge in [0.1, 0.15) is 0 Å². The molecule has 0 aromatic carbocycles. The first kappa shape index (κ1) is 14.0. The highest BCUT2D eigenvalue weighted by Crippen LogP contribution is 2.21. The Morgan fingerprint density at radius 3 is 2.78 bits per heavy atom. The third kappa shape index (κ3) is 3.81. The number of hydrogen-bond acceptors (Lipinski definition) is 3. The van der Waals surface area contributed by atoms with Crippen LogP contribution in [0, 0.1) is 0 Å². The minimum atomic E-state index is 0.653. The van der Waals surface area contributed by atoms with Crippen molar-refractivity contribution in [3.05, 3.63) is 12.7 Å². The molecule has 2 unspecified atom stereocenters. The maximum atomic E-state index is 3.75. The normalized spacial score (nSPS) is 28.4. The van der Waals surface area contributed by atoms with Gasteiger partial charge in [-0.05, 0) is 39.3 Å². The number of nitrogens with one attached hydrogen (secondary N) is 1. The van der Waals surface area contributed by atoms with Gasteiger partial charge in [0.2, 0.25) is 0 Å². The van der Waals surface area contributed by atoms with Crippen LogP contribution < -0.4 is 5.32 Å². The van der Waals surface area contributed by atoms with Crippen molar-refractivity contribution in [1.82, 2.24) is 15.1 Å². The largest absolute Gasteiger partial charge is 0.312 e. The van der Waals surface area contributed by atoms with Crippen molar-refractivity contribution in [1.29, 1.82) is 0 Å². The topological polar surface area (TPSA) is 18.5 Å². The molecule has 0 aromatic rings. The molecule has 2 atom stereocenters. The maximum absolute atomic E-state index is 3.75. The smallest absolute Gasteiger partial charge is 0.0235 e. The number of rotatable bonds is 6. The monoisotopic (exact) mass is 251 g/mol. The van der Waals surface area contributed by atoms with Gasteiger partial charge in [-0.2, -0.15) is 0 Å². The highest BCUT2D eigenvalue weighted by atomic mass is 15.3. The van der Waals surface area contributed by atoms with E-state index in [9.17, 15) is 0 Å². The predicted octanol–water partition coefficient (Wildman–Crippen LogP) is 1.71. The second kappa shape index (κ2) is 7.27. The van der Waals surface area contributed by atoms with Crippen LogP contribution >= 0.6 is 0 Å². The second-order valence-electron chi connectivity index (χ2n) is 5.83. The number of nitrogens with zero attached hydrogens (tertiary/aromatic N) is 2. The molecule has 0 saturated carbocycles. The Kier molecular flexibility index (Phi) is 5.67. The predicted molar refractivity (Wildman–Crippen MR) is 77.9 cm³/mol. The van der Waals surface area contributed by atoms with E-state index in [1.165, 1.54) is 51.9 Å². The lowest BCUT2D eigenvalue weighted by Crippen LogP contribution is -2.44. The standard InChI is InChI=1S/C15H29N3/c1-3-8-16-12-14(2)18-11-7-15(13-18)17-9-5-4-6-10-17/h3,14-16H,1,4-13H2,2H3. The van der Waals surface area contributed by atoms with Gasteiger partial charge in [0.15, 0.2) is 0 Å². The lowest BCUT2D eigenvalue weighted by Gasteiger charge is -2.33. The molecule has 0 bridgehead atoms. The lowest BCUT2D eigenvalue weighted by molar-refractivity contribution is 0.154. The molecule has 0 amide bonds. The van der Waals surface area contributed by atoms with Crippen molar-refractivity contribution >= 4 is 0 Å². The fraction of sp³-hybridized carbons (Fsp3) is 0.867. The van der Waals surface area contributed by atoms with E-state index in [1.54, 1.807) is 0 Å².